The summed E-state index contributed by atoms with van der Waals surface area (Å²) in [5.74, 6) is 0.645. The third-order valence-electron chi connectivity index (χ3n) is 3.09. The van der Waals surface area contributed by atoms with Gasteiger partial charge in [-0.15, -0.1) is 0 Å². The number of nitrogens with zero attached hydrogens (tertiary/aromatic N) is 1. The third kappa shape index (κ3) is 1.15. The Morgan fingerprint density at radius 3 is 2.92 bits per heavy atom. The molecule has 1 saturated carbocycles. The predicted octanol–water partition coefficient (Wildman–Crippen LogP) is 1.57. The number of fused-ring (bicyclic) bond motifs is 1. The fourth-order valence-electron chi connectivity index (χ4n) is 2.36. The van der Waals surface area contributed by atoms with Gasteiger partial charge in [0, 0.05) is 25.2 Å². The molecule has 2 rings (SSSR count). The molecule has 0 aromatic heterocycles. The van der Waals surface area contributed by atoms with Crippen molar-refractivity contribution in [2.75, 3.05) is 7.05 Å². The van der Waals surface area contributed by atoms with Crippen molar-refractivity contribution in [1.29, 1.82) is 0 Å². The number of carbonyl (C=O) groups excluding carboxylic acids is 1. The lowest BCUT2D eigenvalue weighted by Crippen LogP contribution is -2.43. The maximum Gasteiger partial charge on any atom is 0.162 e. The van der Waals surface area contributed by atoms with Crippen LogP contribution in [0.5, 0.6) is 0 Å². The fourth-order valence-corrected chi connectivity index (χ4v) is 2.36. The monoisotopic (exact) mass is 165 g/mol. The van der Waals surface area contributed by atoms with Crippen LogP contribution in [0, 0.1) is 5.92 Å². The molecule has 0 N–H and O–H groups in total. The van der Waals surface area contributed by atoms with E-state index in [1.54, 1.807) is 6.08 Å². The van der Waals surface area contributed by atoms with Gasteiger partial charge in [-0.2, -0.15) is 0 Å². The summed E-state index contributed by atoms with van der Waals surface area (Å²) in [6.07, 6.45) is 8.46. The van der Waals surface area contributed by atoms with Gasteiger partial charge in [-0.25, -0.2) is 0 Å². The Morgan fingerprint density at radius 1 is 1.42 bits per heavy atom. The summed E-state index contributed by atoms with van der Waals surface area (Å²) in [5.41, 5.74) is 0. The molecule has 0 bridgehead atoms. The lowest BCUT2D eigenvalue weighted by atomic mass is 9.79. The van der Waals surface area contributed by atoms with Crippen molar-refractivity contribution in [1.82, 2.24) is 4.90 Å². The van der Waals surface area contributed by atoms with Crippen LogP contribution in [0.2, 0.25) is 0 Å². The second-order valence-corrected chi connectivity index (χ2v) is 3.84. The van der Waals surface area contributed by atoms with Gasteiger partial charge in [0.25, 0.3) is 0 Å². The summed E-state index contributed by atoms with van der Waals surface area (Å²) in [5, 5.41) is 0. The molecule has 0 spiro atoms. The highest BCUT2D eigenvalue weighted by atomic mass is 16.1. The van der Waals surface area contributed by atoms with E-state index >= 15 is 0 Å². The molecule has 2 atom stereocenters. The first-order valence-corrected chi connectivity index (χ1v) is 4.73. The number of ketones is 1. The van der Waals surface area contributed by atoms with Crippen LogP contribution in [0.4, 0.5) is 0 Å². The summed E-state index contributed by atoms with van der Waals surface area (Å²) < 4.78 is 0. The summed E-state index contributed by atoms with van der Waals surface area (Å²) in [7, 11) is 2.08. The normalized spacial score (nSPS) is 35.1. The third-order valence-corrected chi connectivity index (χ3v) is 3.09. The molecule has 2 aliphatic rings. The molecule has 0 saturated heterocycles. The minimum absolute atomic E-state index is 0.300. The Morgan fingerprint density at radius 2 is 2.17 bits per heavy atom. The van der Waals surface area contributed by atoms with Crippen LogP contribution in [-0.4, -0.2) is 23.8 Å². The van der Waals surface area contributed by atoms with E-state index in [0.29, 0.717) is 17.7 Å². The van der Waals surface area contributed by atoms with Crippen molar-refractivity contribution < 1.29 is 4.79 Å². The maximum atomic E-state index is 11.5. The first-order chi connectivity index (χ1) is 5.79. The van der Waals surface area contributed by atoms with Crippen molar-refractivity contribution in [2.24, 2.45) is 5.92 Å². The highest BCUT2D eigenvalue weighted by molar-refractivity contribution is 5.93. The van der Waals surface area contributed by atoms with Gasteiger partial charge in [-0.05, 0) is 18.9 Å². The number of rotatable bonds is 0. The molecule has 0 radical (unpaired) electrons. The zero-order chi connectivity index (χ0) is 8.55. The van der Waals surface area contributed by atoms with Crippen molar-refractivity contribution in [3.63, 3.8) is 0 Å². The largest absolute Gasteiger partial charge is 0.377 e. The molecule has 66 valence electrons. The minimum atomic E-state index is 0.300. The number of hydrogen-bond donors (Lipinski definition) is 0. The second kappa shape index (κ2) is 2.92. The van der Waals surface area contributed by atoms with Crippen LogP contribution in [-0.2, 0) is 4.79 Å². The van der Waals surface area contributed by atoms with Crippen molar-refractivity contribution in [3.05, 3.63) is 12.3 Å². The standard InChI is InChI=1S/C10H15NO/c1-11-7-6-10(12)8-4-2-3-5-9(8)11/h6-9H,2-5H2,1H3/t8-,9+/m1/s1. The van der Waals surface area contributed by atoms with Crippen molar-refractivity contribution in [2.45, 2.75) is 31.7 Å². The Kier molecular flexibility index (Phi) is 1.91. The molecule has 1 fully saturated rings. The molecule has 1 heterocycles. The molecule has 2 heteroatoms. The Balaban J connectivity index is 2.20. The van der Waals surface area contributed by atoms with Gasteiger partial charge >= 0.3 is 0 Å². The Hall–Kier alpha value is -0.790. The van der Waals surface area contributed by atoms with E-state index in [2.05, 4.69) is 11.9 Å². The SMILES string of the molecule is CN1C=CC(=O)[C@@H]2CCCC[C@@H]21. The minimum Gasteiger partial charge on any atom is -0.377 e. The molecule has 0 unspecified atom stereocenters. The van der Waals surface area contributed by atoms with E-state index in [-0.39, 0.29) is 0 Å². The van der Waals surface area contributed by atoms with E-state index < -0.39 is 0 Å². The van der Waals surface area contributed by atoms with Crippen LogP contribution in [0.1, 0.15) is 25.7 Å². The van der Waals surface area contributed by atoms with Crippen LogP contribution >= 0.6 is 0 Å². The van der Waals surface area contributed by atoms with E-state index in [1.165, 1.54) is 19.3 Å². The molecular formula is C10H15NO. The molecule has 12 heavy (non-hydrogen) atoms. The van der Waals surface area contributed by atoms with E-state index in [0.717, 1.165) is 6.42 Å². The summed E-state index contributed by atoms with van der Waals surface area (Å²) >= 11 is 0. The fraction of sp³-hybridized carbons (Fsp3) is 0.700. The second-order valence-electron chi connectivity index (χ2n) is 3.84. The van der Waals surface area contributed by atoms with Crippen LogP contribution in [0.3, 0.4) is 0 Å². The smallest absolute Gasteiger partial charge is 0.162 e. The molecule has 0 aromatic carbocycles. The van der Waals surface area contributed by atoms with Gasteiger partial charge in [-0.3, -0.25) is 4.79 Å². The van der Waals surface area contributed by atoms with E-state index in [9.17, 15) is 4.79 Å². The average molecular weight is 165 g/mol. The number of hydrogen-bond acceptors (Lipinski definition) is 2. The Bertz CT molecular complexity index is 222. The number of carbonyl (C=O) groups is 1. The summed E-state index contributed by atoms with van der Waals surface area (Å²) in [6.45, 7) is 0. The first kappa shape index (κ1) is 7.84. The molecule has 1 aliphatic heterocycles. The molecule has 2 nitrogen and oxygen atoms in total. The lowest BCUT2D eigenvalue weighted by molar-refractivity contribution is -0.122. The van der Waals surface area contributed by atoms with Gasteiger partial charge in [0.15, 0.2) is 5.78 Å². The number of allylic oxidation sites excluding steroid dienone is 1. The van der Waals surface area contributed by atoms with Gasteiger partial charge in [0.2, 0.25) is 0 Å². The van der Waals surface area contributed by atoms with Crippen LogP contribution in [0.15, 0.2) is 12.3 Å². The van der Waals surface area contributed by atoms with Gasteiger partial charge in [0.1, 0.15) is 0 Å². The average Bonchev–Trinajstić information content (AvgIpc) is 2.12. The highest BCUT2D eigenvalue weighted by Gasteiger charge is 2.33. The van der Waals surface area contributed by atoms with E-state index in [1.807, 2.05) is 6.20 Å². The van der Waals surface area contributed by atoms with Crippen LogP contribution in [0.25, 0.3) is 0 Å². The van der Waals surface area contributed by atoms with Crippen molar-refractivity contribution in [3.8, 4) is 0 Å². The Labute approximate surface area is 73.2 Å². The summed E-state index contributed by atoms with van der Waals surface area (Å²) in [6, 6.07) is 0.497. The van der Waals surface area contributed by atoms with Gasteiger partial charge in [0.05, 0.1) is 0 Å². The lowest BCUT2D eigenvalue weighted by Gasteiger charge is -2.38. The zero-order valence-electron chi connectivity index (χ0n) is 7.49. The maximum absolute atomic E-state index is 11.5. The topological polar surface area (TPSA) is 20.3 Å². The molecule has 1 aliphatic carbocycles. The van der Waals surface area contributed by atoms with Gasteiger partial charge < -0.3 is 4.90 Å². The van der Waals surface area contributed by atoms with E-state index in [4.69, 9.17) is 0 Å². The molecule has 0 amide bonds. The predicted molar refractivity (Wildman–Crippen MR) is 47.7 cm³/mol. The van der Waals surface area contributed by atoms with Gasteiger partial charge in [-0.1, -0.05) is 12.8 Å². The quantitative estimate of drug-likeness (QED) is 0.543. The zero-order valence-corrected chi connectivity index (χ0v) is 7.49. The summed E-state index contributed by atoms with van der Waals surface area (Å²) in [4.78, 5) is 13.7. The first-order valence-electron chi connectivity index (χ1n) is 4.73. The molecule has 0 aromatic rings. The highest BCUT2D eigenvalue weighted by Crippen LogP contribution is 2.31. The van der Waals surface area contributed by atoms with Crippen LogP contribution < -0.4 is 0 Å². The molecular weight excluding hydrogens is 150 g/mol. The van der Waals surface area contributed by atoms with Crippen molar-refractivity contribution >= 4 is 5.78 Å².